The molecule has 5 nitrogen and oxygen atoms in total. The maximum absolute atomic E-state index is 11.7. The van der Waals surface area contributed by atoms with Crippen LogP contribution in [0.15, 0.2) is 0 Å². The number of carbonyl (C=O) groups excluding carboxylic acids is 1. The van der Waals surface area contributed by atoms with Crippen molar-refractivity contribution in [3.8, 4) is 0 Å². The van der Waals surface area contributed by atoms with Crippen LogP contribution in [-0.4, -0.2) is 15.7 Å². The molecule has 1 aromatic rings. The Morgan fingerprint density at radius 2 is 1.90 bits per heavy atom. The first-order valence-corrected chi connectivity index (χ1v) is 7.48. The van der Waals surface area contributed by atoms with Gasteiger partial charge in [0.15, 0.2) is 0 Å². The third-order valence-electron chi connectivity index (χ3n) is 4.08. The van der Waals surface area contributed by atoms with Gasteiger partial charge in [0.05, 0.1) is 11.2 Å². The van der Waals surface area contributed by atoms with Crippen molar-refractivity contribution in [2.75, 3.05) is 5.73 Å². The highest BCUT2D eigenvalue weighted by Crippen LogP contribution is 2.30. The Bertz CT molecular complexity index is 493. The Hall–Kier alpha value is -1.52. The fourth-order valence-corrected chi connectivity index (χ4v) is 3.07. The Labute approximate surface area is 120 Å². The van der Waals surface area contributed by atoms with Crippen molar-refractivity contribution < 1.29 is 4.79 Å². The number of anilines is 1. The molecule has 4 N–H and O–H groups in total. The second-order valence-corrected chi connectivity index (χ2v) is 6.86. The average molecular weight is 278 g/mol. The molecule has 0 radical (unpaired) electrons. The highest BCUT2D eigenvalue weighted by Gasteiger charge is 2.27. The smallest absolute Gasteiger partial charge is 0.254 e. The predicted octanol–water partition coefficient (Wildman–Crippen LogP) is 2.44. The van der Waals surface area contributed by atoms with Crippen LogP contribution in [0.25, 0.3) is 0 Å². The normalized spacial score (nSPS) is 17.4. The molecular formula is C15H26N4O. The molecule has 0 bridgehead atoms. The maximum atomic E-state index is 11.7. The molecule has 112 valence electrons. The molecule has 0 unspecified atom stereocenters. The number of aromatic nitrogens is 2. The summed E-state index contributed by atoms with van der Waals surface area (Å²) in [5, 5.41) is 4.59. The van der Waals surface area contributed by atoms with Crippen molar-refractivity contribution in [2.24, 2.45) is 11.7 Å². The molecule has 0 spiro atoms. The fraction of sp³-hybridized carbons (Fsp3) is 0.733. The van der Waals surface area contributed by atoms with Crippen LogP contribution < -0.4 is 11.5 Å². The van der Waals surface area contributed by atoms with Crippen LogP contribution in [0.2, 0.25) is 0 Å². The first-order valence-electron chi connectivity index (χ1n) is 7.48. The molecule has 0 aromatic carbocycles. The molecule has 1 aliphatic carbocycles. The zero-order valence-electron chi connectivity index (χ0n) is 12.8. The van der Waals surface area contributed by atoms with Crippen LogP contribution in [0.4, 0.5) is 5.82 Å². The van der Waals surface area contributed by atoms with E-state index in [0.29, 0.717) is 17.3 Å². The van der Waals surface area contributed by atoms with Gasteiger partial charge in [-0.25, -0.2) is 4.68 Å². The summed E-state index contributed by atoms with van der Waals surface area (Å²) in [6, 6.07) is 0. The molecule has 1 aliphatic rings. The van der Waals surface area contributed by atoms with Gasteiger partial charge in [0, 0.05) is 0 Å². The molecule has 0 atom stereocenters. The molecule has 1 fully saturated rings. The maximum Gasteiger partial charge on any atom is 0.254 e. The molecule has 1 aromatic heterocycles. The second-order valence-electron chi connectivity index (χ2n) is 6.86. The monoisotopic (exact) mass is 278 g/mol. The molecule has 1 saturated carbocycles. The molecule has 1 amide bonds. The number of amides is 1. The van der Waals surface area contributed by atoms with Crippen molar-refractivity contribution in [2.45, 2.75) is 64.8 Å². The van der Waals surface area contributed by atoms with Crippen molar-refractivity contribution in [1.82, 2.24) is 9.78 Å². The summed E-state index contributed by atoms with van der Waals surface area (Å²) >= 11 is 0. The number of nitrogens with zero attached hydrogens (tertiary/aromatic N) is 2. The van der Waals surface area contributed by atoms with Gasteiger partial charge in [-0.3, -0.25) is 4.79 Å². The van der Waals surface area contributed by atoms with E-state index >= 15 is 0 Å². The van der Waals surface area contributed by atoms with Crippen molar-refractivity contribution in [3.05, 3.63) is 11.3 Å². The standard InChI is InChI=1S/C15H26N4O/c1-15(2,3)19-13(16)12(14(17)20)11(18-19)9-10-7-5-4-6-8-10/h10H,4-9,16H2,1-3H3,(H2,17,20). The zero-order valence-corrected chi connectivity index (χ0v) is 12.8. The first kappa shape index (κ1) is 14.9. The lowest BCUT2D eigenvalue weighted by atomic mass is 9.85. The highest BCUT2D eigenvalue weighted by molar-refractivity contribution is 5.98. The first-order chi connectivity index (χ1) is 9.30. The van der Waals surface area contributed by atoms with E-state index in [1.165, 1.54) is 32.1 Å². The Morgan fingerprint density at radius 1 is 1.30 bits per heavy atom. The van der Waals surface area contributed by atoms with E-state index in [2.05, 4.69) is 5.10 Å². The molecule has 20 heavy (non-hydrogen) atoms. The summed E-state index contributed by atoms with van der Waals surface area (Å²) in [6.07, 6.45) is 7.09. The summed E-state index contributed by atoms with van der Waals surface area (Å²) in [5.74, 6) is 0.532. The van der Waals surface area contributed by atoms with E-state index in [9.17, 15) is 4.79 Å². The lowest BCUT2D eigenvalue weighted by Gasteiger charge is -2.21. The van der Waals surface area contributed by atoms with Crippen molar-refractivity contribution in [1.29, 1.82) is 0 Å². The van der Waals surface area contributed by atoms with Crippen LogP contribution in [0.3, 0.4) is 0 Å². The molecule has 1 heterocycles. The number of carbonyl (C=O) groups is 1. The Kier molecular flexibility index (Phi) is 4.06. The van der Waals surface area contributed by atoms with E-state index in [0.717, 1.165) is 12.1 Å². The van der Waals surface area contributed by atoms with Crippen LogP contribution in [-0.2, 0) is 12.0 Å². The number of hydrogen-bond acceptors (Lipinski definition) is 3. The minimum atomic E-state index is -0.469. The summed E-state index contributed by atoms with van der Waals surface area (Å²) in [5.41, 5.74) is 12.5. The largest absolute Gasteiger partial charge is 0.383 e. The van der Waals surface area contributed by atoms with Crippen molar-refractivity contribution >= 4 is 11.7 Å². The second kappa shape index (κ2) is 5.46. The summed E-state index contributed by atoms with van der Waals surface area (Å²) < 4.78 is 1.73. The van der Waals surface area contributed by atoms with Gasteiger partial charge in [-0.1, -0.05) is 32.1 Å². The molecular weight excluding hydrogens is 252 g/mol. The Balaban J connectivity index is 2.33. The number of hydrogen-bond donors (Lipinski definition) is 2. The topological polar surface area (TPSA) is 86.9 Å². The third-order valence-corrected chi connectivity index (χ3v) is 4.08. The summed E-state index contributed by atoms with van der Waals surface area (Å²) in [7, 11) is 0. The van der Waals surface area contributed by atoms with Crippen LogP contribution >= 0.6 is 0 Å². The van der Waals surface area contributed by atoms with Gasteiger partial charge >= 0.3 is 0 Å². The third kappa shape index (κ3) is 2.97. The van der Waals surface area contributed by atoms with Gasteiger partial charge in [-0.2, -0.15) is 5.10 Å². The van der Waals surface area contributed by atoms with E-state index in [1.54, 1.807) is 4.68 Å². The molecule has 0 aliphatic heterocycles. The number of nitrogens with two attached hydrogens (primary N) is 2. The van der Waals surface area contributed by atoms with E-state index in [-0.39, 0.29) is 5.54 Å². The fourth-order valence-electron chi connectivity index (χ4n) is 3.07. The lowest BCUT2D eigenvalue weighted by Crippen LogP contribution is -2.25. The SMILES string of the molecule is CC(C)(C)n1nc(CC2CCCCC2)c(C(N)=O)c1N. The van der Waals surface area contributed by atoms with Gasteiger partial charge < -0.3 is 11.5 Å². The predicted molar refractivity (Wildman–Crippen MR) is 80.4 cm³/mol. The molecule has 2 rings (SSSR count). The highest BCUT2D eigenvalue weighted by atomic mass is 16.1. The quantitative estimate of drug-likeness (QED) is 0.890. The van der Waals surface area contributed by atoms with Gasteiger partial charge in [0.2, 0.25) is 0 Å². The van der Waals surface area contributed by atoms with Gasteiger partial charge in [-0.15, -0.1) is 0 Å². The molecule has 5 heteroatoms. The Morgan fingerprint density at radius 3 is 2.40 bits per heavy atom. The summed E-state index contributed by atoms with van der Waals surface area (Å²) in [6.45, 7) is 6.06. The van der Waals surface area contributed by atoms with Crippen LogP contribution in [0.5, 0.6) is 0 Å². The van der Waals surface area contributed by atoms with E-state index in [4.69, 9.17) is 11.5 Å². The molecule has 0 saturated heterocycles. The average Bonchev–Trinajstić information content (AvgIpc) is 2.67. The minimum Gasteiger partial charge on any atom is -0.383 e. The lowest BCUT2D eigenvalue weighted by molar-refractivity contribution is 0.1000. The van der Waals surface area contributed by atoms with Gasteiger partial charge in [-0.05, 0) is 33.1 Å². The van der Waals surface area contributed by atoms with E-state index < -0.39 is 5.91 Å². The minimum absolute atomic E-state index is 0.251. The van der Waals surface area contributed by atoms with Crippen LogP contribution in [0, 0.1) is 5.92 Å². The van der Waals surface area contributed by atoms with Crippen molar-refractivity contribution in [3.63, 3.8) is 0 Å². The van der Waals surface area contributed by atoms with E-state index in [1.807, 2.05) is 20.8 Å². The number of rotatable bonds is 3. The zero-order chi connectivity index (χ0) is 14.9. The van der Waals surface area contributed by atoms with Crippen LogP contribution in [0.1, 0.15) is 68.9 Å². The van der Waals surface area contributed by atoms with Gasteiger partial charge in [0.25, 0.3) is 5.91 Å². The van der Waals surface area contributed by atoms with Gasteiger partial charge in [0.1, 0.15) is 11.4 Å². The number of primary amides is 1. The summed E-state index contributed by atoms with van der Waals surface area (Å²) in [4.78, 5) is 11.7. The number of nitrogen functional groups attached to an aromatic ring is 1.